The molecule has 55 heavy (non-hydrogen) atoms. The van der Waals surface area contributed by atoms with Crippen LogP contribution in [-0.4, -0.2) is 47.8 Å². The number of unbranched alkanes of at least 4 members (excludes halogenated alkanes) is 12. The van der Waals surface area contributed by atoms with Crippen molar-refractivity contribution in [2.24, 2.45) is 5.73 Å². The molecule has 0 aromatic carbocycles. The molecule has 1 amide bonds. The first-order valence-electron chi connectivity index (χ1n) is 21.4. The van der Waals surface area contributed by atoms with E-state index >= 15 is 0 Å². The van der Waals surface area contributed by atoms with E-state index in [4.69, 9.17) is 14.8 Å². The number of hydrogen-bond donors (Lipinski definition) is 4. The van der Waals surface area contributed by atoms with Gasteiger partial charge in [-0.3, -0.25) is 13.8 Å². The van der Waals surface area contributed by atoms with Gasteiger partial charge in [0.1, 0.15) is 0 Å². The van der Waals surface area contributed by atoms with Crippen LogP contribution in [0, 0.1) is 0 Å². The Hall–Kier alpha value is -2.58. The van der Waals surface area contributed by atoms with Crippen LogP contribution in [0.1, 0.15) is 155 Å². The minimum atomic E-state index is -4.36. The van der Waals surface area contributed by atoms with Crippen LogP contribution in [0.5, 0.6) is 0 Å². The Morgan fingerprint density at radius 2 is 1.05 bits per heavy atom. The second-order valence-electron chi connectivity index (χ2n) is 13.8. The van der Waals surface area contributed by atoms with E-state index in [0.717, 1.165) is 70.6 Å². The first-order chi connectivity index (χ1) is 26.9. The van der Waals surface area contributed by atoms with Crippen molar-refractivity contribution < 1.29 is 28.4 Å². The highest BCUT2D eigenvalue weighted by Gasteiger charge is 2.26. The summed E-state index contributed by atoms with van der Waals surface area (Å²) in [7, 11) is -4.36. The molecule has 314 valence electrons. The summed E-state index contributed by atoms with van der Waals surface area (Å²) >= 11 is 0. The van der Waals surface area contributed by atoms with Crippen LogP contribution in [0.15, 0.2) is 97.2 Å². The highest BCUT2D eigenvalue weighted by Crippen LogP contribution is 2.43. The van der Waals surface area contributed by atoms with Crippen molar-refractivity contribution in [3.05, 3.63) is 97.2 Å². The average Bonchev–Trinajstić information content (AvgIpc) is 3.17. The maximum absolute atomic E-state index is 12.7. The fraction of sp³-hybridized carbons (Fsp3) is 0.630. The van der Waals surface area contributed by atoms with Gasteiger partial charge in [-0.05, 0) is 70.6 Å². The smallest absolute Gasteiger partial charge is 0.387 e. The summed E-state index contributed by atoms with van der Waals surface area (Å²) in [6.07, 6.45) is 56.0. The lowest BCUT2D eigenvalue weighted by atomic mass is 10.0. The number of rotatable bonds is 38. The Morgan fingerprint density at radius 1 is 0.618 bits per heavy atom. The molecule has 8 nitrogen and oxygen atoms in total. The molecule has 0 aromatic rings. The van der Waals surface area contributed by atoms with Gasteiger partial charge in [-0.15, -0.1) is 0 Å². The summed E-state index contributed by atoms with van der Waals surface area (Å²) in [5, 5.41) is 13.6. The molecule has 0 aliphatic rings. The molecule has 0 rings (SSSR count). The topological polar surface area (TPSA) is 131 Å². The minimum Gasteiger partial charge on any atom is -0.387 e. The van der Waals surface area contributed by atoms with Crippen molar-refractivity contribution >= 4 is 13.7 Å². The van der Waals surface area contributed by atoms with Crippen LogP contribution in [0.2, 0.25) is 0 Å². The summed E-state index contributed by atoms with van der Waals surface area (Å²) in [5.41, 5.74) is 5.36. The fourth-order valence-electron chi connectivity index (χ4n) is 5.47. The third-order valence-electron chi connectivity index (χ3n) is 8.67. The average molecular weight is 787 g/mol. The van der Waals surface area contributed by atoms with Gasteiger partial charge in [0.25, 0.3) is 0 Å². The van der Waals surface area contributed by atoms with Crippen LogP contribution in [-0.2, 0) is 18.4 Å². The monoisotopic (exact) mass is 787 g/mol. The predicted octanol–water partition coefficient (Wildman–Crippen LogP) is 12.0. The summed E-state index contributed by atoms with van der Waals surface area (Å²) in [6, 6.07) is -0.897. The van der Waals surface area contributed by atoms with Gasteiger partial charge < -0.3 is 21.1 Å². The first kappa shape index (κ1) is 52.4. The first-order valence-corrected chi connectivity index (χ1v) is 22.9. The molecule has 0 aromatic heterocycles. The molecule has 0 radical (unpaired) electrons. The molecular weight excluding hydrogens is 707 g/mol. The highest BCUT2D eigenvalue weighted by atomic mass is 31.2. The molecule has 3 unspecified atom stereocenters. The van der Waals surface area contributed by atoms with Crippen LogP contribution in [0.25, 0.3) is 0 Å². The Morgan fingerprint density at radius 3 is 1.53 bits per heavy atom. The number of carbonyl (C=O) groups is 1. The largest absolute Gasteiger partial charge is 0.472 e. The number of nitrogens with one attached hydrogen (secondary N) is 1. The number of aliphatic hydroxyl groups excluding tert-OH is 1. The molecule has 0 aliphatic carbocycles. The number of phosphoric ester groups is 1. The van der Waals surface area contributed by atoms with Gasteiger partial charge >= 0.3 is 7.82 Å². The van der Waals surface area contributed by atoms with Crippen molar-refractivity contribution in [2.75, 3.05) is 19.8 Å². The summed E-state index contributed by atoms with van der Waals surface area (Å²) in [4.78, 5) is 22.7. The quantitative estimate of drug-likeness (QED) is 0.0278. The van der Waals surface area contributed by atoms with Crippen molar-refractivity contribution in [1.82, 2.24) is 5.32 Å². The van der Waals surface area contributed by atoms with E-state index in [2.05, 4.69) is 104 Å². The lowest BCUT2D eigenvalue weighted by molar-refractivity contribution is -0.122. The lowest BCUT2D eigenvalue weighted by Crippen LogP contribution is -2.45. The standard InChI is InChI=1S/C46H79N2O6P/c1-3-5-7-9-11-13-15-17-18-19-20-21-22-23-24-25-26-28-30-32-34-36-38-40-46(50)48-44(43-54-55(51,52)53-42-41-47)45(49)39-37-35-33-31-29-27-16-14-12-10-8-6-4-2/h5,7,11,13,17-18,20-21,23-24,26,28,32,34,37,39,44-45,49H,3-4,6,8-10,12,14-16,19,22,25,27,29-31,33,35-36,38,40-43,47H2,1-2H3,(H,48,50)(H,51,52)/b7-5-,13-11-,18-17-,21-20-,24-23-,28-26-,34-32-,39-37+. The molecule has 9 heteroatoms. The molecule has 0 saturated heterocycles. The maximum atomic E-state index is 12.7. The van der Waals surface area contributed by atoms with Gasteiger partial charge in [0.15, 0.2) is 0 Å². The molecular formula is C46H79N2O6P. The zero-order valence-electron chi connectivity index (χ0n) is 34.6. The molecule has 0 spiro atoms. The fourth-order valence-corrected chi connectivity index (χ4v) is 6.23. The van der Waals surface area contributed by atoms with Gasteiger partial charge in [0.05, 0.1) is 25.4 Å². The van der Waals surface area contributed by atoms with E-state index < -0.39 is 20.0 Å². The van der Waals surface area contributed by atoms with Crippen LogP contribution < -0.4 is 11.1 Å². The lowest BCUT2D eigenvalue weighted by Gasteiger charge is -2.23. The van der Waals surface area contributed by atoms with E-state index in [1.165, 1.54) is 57.8 Å². The number of aliphatic hydroxyl groups is 1. The predicted molar refractivity (Wildman–Crippen MR) is 235 cm³/mol. The molecule has 0 bridgehead atoms. The highest BCUT2D eigenvalue weighted by molar-refractivity contribution is 7.47. The third kappa shape index (κ3) is 39.5. The van der Waals surface area contributed by atoms with Gasteiger partial charge in [-0.25, -0.2) is 4.57 Å². The second-order valence-corrected chi connectivity index (χ2v) is 15.3. The van der Waals surface area contributed by atoms with E-state index in [1.807, 2.05) is 6.08 Å². The van der Waals surface area contributed by atoms with Gasteiger partial charge in [0, 0.05) is 13.0 Å². The van der Waals surface area contributed by atoms with Gasteiger partial charge in [-0.2, -0.15) is 0 Å². The van der Waals surface area contributed by atoms with E-state index in [9.17, 15) is 19.4 Å². The summed E-state index contributed by atoms with van der Waals surface area (Å²) in [5.74, 6) is -0.257. The Bertz CT molecular complexity index is 1170. The zero-order valence-corrected chi connectivity index (χ0v) is 35.5. The van der Waals surface area contributed by atoms with Gasteiger partial charge in [-0.1, -0.05) is 175 Å². The molecule has 3 atom stereocenters. The van der Waals surface area contributed by atoms with Crippen molar-refractivity contribution in [2.45, 2.75) is 167 Å². The Labute approximate surface area is 336 Å². The van der Waals surface area contributed by atoms with Crippen molar-refractivity contribution in [3.8, 4) is 0 Å². The maximum Gasteiger partial charge on any atom is 0.472 e. The number of carbonyl (C=O) groups excluding carboxylic acids is 1. The summed E-state index contributed by atoms with van der Waals surface area (Å²) in [6.45, 7) is 3.94. The SMILES string of the molecule is CC/C=C\C/C=C\C/C=C\C/C=C\C/C=C\C/C=C\C/C=C\CCCC(=O)NC(COP(=O)(O)OCCN)C(O)/C=C/CCCCCCCCCCCCC. The summed E-state index contributed by atoms with van der Waals surface area (Å²) < 4.78 is 22.1. The molecule has 0 fully saturated rings. The number of amides is 1. The van der Waals surface area contributed by atoms with Crippen molar-refractivity contribution in [3.63, 3.8) is 0 Å². The molecule has 0 saturated carbocycles. The Balaban J connectivity index is 4.36. The number of hydrogen-bond acceptors (Lipinski definition) is 6. The zero-order chi connectivity index (χ0) is 40.3. The third-order valence-corrected chi connectivity index (χ3v) is 9.65. The van der Waals surface area contributed by atoms with E-state index in [1.54, 1.807) is 6.08 Å². The second kappa shape index (κ2) is 41.1. The number of allylic oxidation sites excluding steroid dienone is 15. The molecule has 0 heterocycles. The number of phosphoric acid groups is 1. The van der Waals surface area contributed by atoms with Gasteiger partial charge in [0.2, 0.25) is 5.91 Å². The van der Waals surface area contributed by atoms with Crippen LogP contribution in [0.4, 0.5) is 0 Å². The van der Waals surface area contributed by atoms with Crippen LogP contribution >= 0.6 is 7.82 Å². The molecule has 0 aliphatic heterocycles. The van der Waals surface area contributed by atoms with E-state index in [0.29, 0.717) is 6.42 Å². The van der Waals surface area contributed by atoms with E-state index in [-0.39, 0.29) is 32.1 Å². The number of nitrogens with two attached hydrogens (primary N) is 1. The van der Waals surface area contributed by atoms with Crippen LogP contribution in [0.3, 0.4) is 0 Å². The van der Waals surface area contributed by atoms with Crippen molar-refractivity contribution in [1.29, 1.82) is 0 Å². The molecule has 5 N–H and O–H groups in total. The minimum absolute atomic E-state index is 0.0638. The Kier molecular flexibility index (Phi) is 39.1. The normalized spacial score (nSPS) is 15.1.